The minimum Gasteiger partial charge on any atom is -0.494 e. The van der Waals surface area contributed by atoms with E-state index in [1.165, 1.54) is 0 Å². The lowest BCUT2D eigenvalue weighted by molar-refractivity contribution is -0.161. The molecular formula is C21H27NO5. The molecule has 1 aromatic rings. The Morgan fingerprint density at radius 1 is 1.15 bits per heavy atom. The average Bonchev–Trinajstić information content (AvgIpc) is 2.63. The van der Waals surface area contributed by atoms with Crippen LogP contribution in [0, 0.1) is 17.8 Å². The Labute approximate surface area is 159 Å². The number of esters is 1. The van der Waals surface area contributed by atoms with Crippen LogP contribution in [0.2, 0.25) is 0 Å². The summed E-state index contributed by atoms with van der Waals surface area (Å²) in [6, 6.07) is 7.03. The molecule has 1 N–H and O–H groups in total. The van der Waals surface area contributed by atoms with Crippen LogP contribution in [0.4, 0.5) is 5.69 Å². The van der Waals surface area contributed by atoms with Crippen LogP contribution >= 0.6 is 0 Å². The predicted octanol–water partition coefficient (Wildman–Crippen LogP) is 3.35. The van der Waals surface area contributed by atoms with E-state index in [9.17, 15) is 14.4 Å². The molecule has 3 rings (SSSR count). The van der Waals surface area contributed by atoms with E-state index in [1.54, 1.807) is 31.2 Å². The molecule has 2 fully saturated rings. The Morgan fingerprint density at radius 2 is 1.78 bits per heavy atom. The van der Waals surface area contributed by atoms with Crippen molar-refractivity contribution in [1.29, 1.82) is 0 Å². The molecule has 1 unspecified atom stereocenters. The minimum absolute atomic E-state index is 0.0111. The van der Waals surface area contributed by atoms with E-state index in [2.05, 4.69) is 5.32 Å². The molecule has 0 radical (unpaired) electrons. The van der Waals surface area contributed by atoms with Crippen LogP contribution in [0.15, 0.2) is 24.3 Å². The molecule has 0 spiro atoms. The van der Waals surface area contributed by atoms with E-state index >= 15 is 0 Å². The minimum atomic E-state index is -0.887. The Bertz CT molecular complexity index is 683. The molecule has 1 amide bonds. The molecule has 0 aromatic heterocycles. The summed E-state index contributed by atoms with van der Waals surface area (Å²) in [7, 11) is 0. The van der Waals surface area contributed by atoms with Crippen LogP contribution in [0.1, 0.15) is 46.0 Å². The maximum Gasteiger partial charge on any atom is 0.309 e. The van der Waals surface area contributed by atoms with E-state index in [0.29, 0.717) is 30.9 Å². The van der Waals surface area contributed by atoms with Crippen molar-refractivity contribution in [2.75, 3.05) is 11.9 Å². The SMILES string of the molecule is CCOc1ccc(NC(=O)[C@@H](C)OC(=O)C2C[C@H]3CCC[C@@H](C2)C3=O)cc1. The van der Waals surface area contributed by atoms with Gasteiger partial charge in [-0.1, -0.05) is 6.42 Å². The van der Waals surface area contributed by atoms with Gasteiger partial charge in [-0.15, -0.1) is 0 Å². The number of rotatable bonds is 6. The fourth-order valence-corrected chi connectivity index (χ4v) is 4.04. The molecule has 6 nitrogen and oxygen atoms in total. The van der Waals surface area contributed by atoms with Gasteiger partial charge in [-0.25, -0.2) is 0 Å². The fourth-order valence-electron chi connectivity index (χ4n) is 4.04. The summed E-state index contributed by atoms with van der Waals surface area (Å²) < 4.78 is 10.8. The lowest BCUT2D eigenvalue weighted by atomic mass is 9.67. The van der Waals surface area contributed by atoms with Gasteiger partial charge in [0.15, 0.2) is 6.10 Å². The quantitative estimate of drug-likeness (QED) is 0.774. The summed E-state index contributed by atoms with van der Waals surface area (Å²) in [5.74, 6) is -0.00269. The third kappa shape index (κ3) is 4.67. The third-order valence-corrected chi connectivity index (χ3v) is 5.48. The van der Waals surface area contributed by atoms with Crippen LogP contribution in [0.3, 0.4) is 0 Å². The first-order chi connectivity index (χ1) is 13.0. The third-order valence-electron chi connectivity index (χ3n) is 5.48. The number of nitrogens with one attached hydrogen (secondary N) is 1. The van der Waals surface area contributed by atoms with Crippen molar-refractivity contribution in [1.82, 2.24) is 0 Å². The van der Waals surface area contributed by atoms with Gasteiger partial charge in [-0.3, -0.25) is 14.4 Å². The Morgan fingerprint density at radius 3 is 2.37 bits per heavy atom. The Balaban J connectivity index is 1.51. The lowest BCUT2D eigenvalue weighted by Gasteiger charge is -2.36. The van der Waals surface area contributed by atoms with Gasteiger partial charge >= 0.3 is 5.97 Å². The largest absolute Gasteiger partial charge is 0.494 e. The summed E-state index contributed by atoms with van der Waals surface area (Å²) in [5.41, 5.74) is 0.615. The highest BCUT2D eigenvalue weighted by Crippen LogP contribution is 2.40. The molecule has 0 heterocycles. The molecule has 146 valence electrons. The molecule has 0 saturated heterocycles. The summed E-state index contributed by atoms with van der Waals surface area (Å²) in [6.45, 7) is 4.05. The van der Waals surface area contributed by atoms with Crippen LogP contribution in [0.5, 0.6) is 5.75 Å². The van der Waals surface area contributed by atoms with Crippen LogP contribution in [-0.2, 0) is 19.1 Å². The van der Waals surface area contributed by atoms with Gasteiger partial charge in [-0.05, 0) is 63.8 Å². The molecule has 2 aliphatic carbocycles. The number of carbonyl (C=O) groups is 3. The molecule has 6 heteroatoms. The van der Waals surface area contributed by atoms with Crippen molar-refractivity contribution < 1.29 is 23.9 Å². The summed E-state index contributed by atoms with van der Waals surface area (Å²) in [4.78, 5) is 37.0. The molecule has 0 aliphatic heterocycles. The number of Topliss-reactive ketones (excluding diaryl/α,β-unsaturated/α-hetero) is 1. The standard InChI is InChI=1S/C21H27NO5/c1-3-26-18-9-7-17(8-10-18)22-20(24)13(2)27-21(25)16-11-14-5-4-6-15(12-16)19(14)23/h7-10,13-16H,3-6,11-12H2,1-2H3,(H,22,24)/t13-,14-,15+,16?/m1/s1. The highest BCUT2D eigenvalue weighted by molar-refractivity contribution is 5.95. The van der Waals surface area contributed by atoms with Crippen LogP contribution in [-0.4, -0.2) is 30.4 Å². The molecule has 2 saturated carbocycles. The average molecular weight is 373 g/mol. The molecular weight excluding hydrogens is 346 g/mol. The van der Waals surface area contributed by atoms with Gasteiger partial charge in [-0.2, -0.15) is 0 Å². The number of ether oxygens (including phenoxy) is 2. The number of benzene rings is 1. The van der Waals surface area contributed by atoms with Crippen molar-refractivity contribution in [3.05, 3.63) is 24.3 Å². The van der Waals surface area contributed by atoms with E-state index in [0.717, 1.165) is 25.0 Å². The normalized spacial score (nSPS) is 25.4. The fraction of sp³-hybridized carbons (Fsp3) is 0.571. The number of amides is 1. The zero-order chi connectivity index (χ0) is 19.4. The van der Waals surface area contributed by atoms with Gasteiger partial charge in [0.2, 0.25) is 0 Å². The van der Waals surface area contributed by atoms with Crippen molar-refractivity contribution in [2.45, 2.75) is 52.1 Å². The summed E-state index contributed by atoms with van der Waals surface area (Å²) >= 11 is 0. The van der Waals surface area contributed by atoms with Crippen LogP contribution in [0.25, 0.3) is 0 Å². The smallest absolute Gasteiger partial charge is 0.309 e. The van der Waals surface area contributed by atoms with Gasteiger partial charge in [0.05, 0.1) is 12.5 Å². The number of carbonyl (C=O) groups excluding carboxylic acids is 3. The van der Waals surface area contributed by atoms with E-state index in [-0.39, 0.29) is 29.6 Å². The van der Waals surface area contributed by atoms with E-state index in [4.69, 9.17) is 9.47 Å². The van der Waals surface area contributed by atoms with Gasteiger partial charge in [0, 0.05) is 17.5 Å². The molecule has 1 aromatic carbocycles. The zero-order valence-corrected chi connectivity index (χ0v) is 15.9. The van der Waals surface area contributed by atoms with Gasteiger partial charge in [0.1, 0.15) is 11.5 Å². The van der Waals surface area contributed by atoms with Gasteiger partial charge < -0.3 is 14.8 Å². The van der Waals surface area contributed by atoms with Crippen molar-refractivity contribution in [3.63, 3.8) is 0 Å². The summed E-state index contributed by atoms with van der Waals surface area (Å²) in [5, 5.41) is 2.74. The Hall–Kier alpha value is -2.37. The van der Waals surface area contributed by atoms with Crippen LogP contribution < -0.4 is 10.1 Å². The molecule has 4 atom stereocenters. The monoisotopic (exact) mass is 373 g/mol. The number of ketones is 1. The first kappa shape index (κ1) is 19.4. The predicted molar refractivity (Wildman–Crippen MR) is 100 cm³/mol. The van der Waals surface area contributed by atoms with Crippen molar-refractivity contribution in [3.8, 4) is 5.75 Å². The number of hydrogen-bond donors (Lipinski definition) is 1. The first-order valence-electron chi connectivity index (χ1n) is 9.76. The maximum atomic E-state index is 12.5. The second-order valence-electron chi connectivity index (χ2n) is 7.42. The highest BCUT2D eigenvalue weighted by atomic mass is 16.5. The second-order valence-corrected chi connectivity index (χ2v) is 7.42. The van der Waals surface area contributed by atoms with Gasteiger partial charge in [0.25, 0.3) is 5.91 Å². The lowest BCUT2D eigenvalue weighted by Crippen LogP contribution is -2.41. The Kier molecular flexibility index (Phi) is 6.14. The highest BCUT2D eigenvalue weighted by Gasteiger charge is 2.42. The second kappa shape index (κ2) is 8.55. The summed E-state index contributed by atoms with van der Waals surface area (Å²) in [6.07, 6.45) is 3.02. The topological polar surface area (TPSA) is 81.7 Å². The number of anilines is 1. The molecule has 2 bridgehead atoms. The first-order valence-corrected chi connectivity index (χ1v) is 9.76. The van der Waals surface area contributed by atoms with E-state index in [1.807, 2.05) is 6.92 Å². The zero-order valence-electron chi connectivity index (χ0n) is 15.9. The molecule has 27 heavy (non-hydrogen) atoms. The number of hydrogen-bond acceptors (Lipinski definition) is 5. The number of fused-ring (bicyclic) bond motifs is 2. The van der Waals surface area contributed by atoms with Crippen molar-refractivity contribution in [2.24, 2.45) is 17.8 Å². The maximum absolute atomic E-state index is 12.5. The van der Waals surface area contributed by atoms with Crippen molar-refractivity contribution >= 4 is 23.3 Å². The molecule has 2 aliphatic rings. The van der Waals surface area contributed by atoms with E-state index < -0.39 is 6.10 Å².